The molecule has 3 aromatic rings. The Morgan fingerprint density at radius 2 is 2.25 bits per heavy atom. The van der Waals surface area contributed by atoms with Crippen molar-refractivity contribution in [2.75, 3.05) is 23.4 Å². The highest BCUT2D eigenvalue weighted by atomic mass is 32.1. The average Bonchev–Trinajstić information content (AvgIpc) is 3.39. The minimum atomic E-state index is -0.225. The molecule has 1 saturated heterocycles. The van der Waals surface area contributed by atoms with Gasteiger partial charge in [0.1, 0.15) is 4.88 Å². The molecule has 1 aliphatic rings. The number of H-pyrrole nitrogens is 1. The normalized spacial score (nSPS) is 16.4. The van der Waals surface area contributed by atoms with Gasteiger partial charge in [0.05, 0.1) is 18.3 Å². The molecule has 7 nitrogen and oxygen atoms in total. The molecular weight excluding hydrogens is 376 g/mol. The van der Waals surface area contributed by atoms with Crippen LogP contribution in [0.1, 0.15) is 35.1 Å². The monoisotopic (exact) mass is 398 g/mol. The van der Waals surface area contributed by atoms with E-state index in [0.717, 1.165) is 30.4 Å². The van der Waals surface area contributed by atoms with Gasteiger partial charge in [-0.15, -0.1) is 0 Å². The zero-order chi connectivity index (χ0) is 19.7. The number of rotatable bonds is 5. The topological polar surface area (TPSA) is 87.3 Å². The van der Waals surface area contributed by atoms with Crippen LogP contribution in [0.25, 0.3) is 10.9 Å². The molecule has 2 aromatic heterocycles. The van der Waals surface area contributed by atoms with Crippen LogP contribution >= 0.6 is 11.3 Å². The van der Waals surface area contributed by atoms with Crippen molar-refractivity contribution in [3.63, 3.8) is 0 Å². The van der Waals surface area contributed by atoms with Gasteiger partial charge in [-0.2, -0.15) is 0 Å². The molecular formula is C20H22N4O3S. The van der Waals surface area contributed by atoms with Crippen molar-refractivity contribution in [1.29, 1.82) is 0 Å². The molecule has 0 aliphatic carbocycles. The number of carbonyl (C=O) groups is 2. The molecule has 0 radical (unpaired) electrons. The molecule has 1 fully saturated rings. The van der Waals surface area contributed by atoms with E-state index in [2.05, 4.69) is 15.3 Å². The minimum Gasteiger partial charge on any atom is -0.376 e. The molecule has 1 aromatic carbocycles. The first-order chi connectivity index (χ1) is 13.5. The van der Waals surface area contributed by atoms with Crippen molar-refractivity contribution in [2.24, 2.45) is 0 Å². The number of ether oxygens (including phenoxy) is 1. The number of fused-ring (bicyclic) bond motifs is 1. The number of carbonyl (C=O) groups excluding carboxylic acids is 2. The summed E-state index contributed by atoms with van der Waals surface area (Å²) in [6, 6.07) is 7.65. The van der Waals surface area contributed by atoms with Gasteiger partial charge < -0.3 is 15.0 Å². The molecule has 28 heavy (non-hydrogen) atoms. The summed E-state index contributed by atoms with van der Waals surface area (Å²) in [7, 11) is 0. The number of nitrogens with zero attached hydrogens (tertiary/aromatic N) is 2. The van der Waals surface area contributed by atoms with Crippen molar-refractivity contribution < 1.29 is 14.3 Å². The number of hydrogen-bond donors (Lipinski definition) is 2. The maximum absolute atomic E-state index is 12.8. The van der Waals surface area contributed by atoms with Crippen molar-refractivity contribution in [2.45, 2.75) is 32.8 Å². The first kappa shape index (κ1) is 18.6. The van der Waals surface area contributed by atoms with E-state index in [4.69, 9.17) is 4.74 Å². The summed E-state index contributed by atoms with van der Waals surface area (Å²) in [5, 5.41) is 4.49. The average molecular weight is 398 g/mol. The Bertz CT molecular complexity index is 1020. The standard InChI is InChI=1S/C20H22N4O3S/c1-12-18(19(26)23-15-5-6-17-14(10-15)7-8-21-17)28-20(22-12)24(13(2)25)11-16-4-3-9-27-16/h5-8,10,16,21H,3-4,9,11H2,1-2H3,(H,23,26). The summed E-state index contributed by atoms with van der Waals surface area (Å²) >= 11 is 1.23. The number of aromatic amines is 1. The van der Waals surface area contributed by atoms with Gasteiger partial charge in [0.15, 0.2) is 5.13 Å². The highest BCUT2D eigenvalue weighted by molar-refractivity contribution is 7.17. The van der Waals surface area contributed by atoms with E-state index in [1.54, 1.807) is 11.8 Å². The molecule has 146 valence electrons. The first-order valence-corrected chi connectivity index (χ1v) is 10.1. The number of aryl methyl sites for hydroxylation is 1. The summed E-state index contributed by atoms with van der Waals surface area (Å²) in [5.41, 5.74) is 2.34. The number of thiazole rings is 1. The smallest absolute Gasteiger partial charge is 0.267 e. The molecule has 3 heterocycles. The van der Waals surface area contributed by atoms with Gasteiger partial charge in [-0.25, -0.2) is 4.98 Å². The SMILES string of the molecule is CC(=O)N(CC1CCCO1)c1nc(C)c(C(=O)Nc2ccc3[nH]ccc3c2)s1. The number of hydrogen-bond acceptors (Lipinski definition) is 5. The van der Waals surface area contributed by atoms with Crippen LogP contribution in [-0.4, -0.2) is 41.0 Å². The Kier molecular flexibility index (Phi) is 5.15. The second-order valence-electron chi connectivity index (χ2n) is 6.91. The molecule has 2 amide bonds. The van der Waals surface area contributed by atoms with Crippen molar-refractivity contribution in [1.82, 2.24) is 9.97 Å². The van der Waals surface area contributed by atoms with E-state index in [-0.39, 0.29) is 17.9 Å². The third kappa shape index (κ3) is 3.79. The highest BCUT2D eigenvalue weighted by Crippen LogP contribution is 2.29. The summed E-state index contributed by atoms with van der Waals surface area (Å²) in [6.45, 7) is 4.49. The van der Waals surface area contributed by atoms with E-state index < -0.39 is 0 Å². The first-order valence-electron chi connectivity index (χ1n) is 9.27. The second kappa shape index (κ2) is 7.73. The van der Waals surface area contributed by atoms with Crippen LogP contribution in [0.5, 0.6) is 0 Å². The Balaban J connectivity index is 1.53. The zero-order valence-electron chi connectivity index (χ0n) is 15.8. The van der Waals surface area contributed by atoms with Crippen LogP contribution in [0.3, 0.4) is 0 Å². The van der Waals surface area contributed by atoms with E-state index >= 15 is 0 Å². The predicted molar refractivity (Wildman–Crippen MR) is 110 cm³/mol. The summed E-state index contributed by atoms with van der Waals surface area (Å²) in [4.78, 5) is 34.6. The second-order valence-corrected chi connectivity index (χ2v) is 7.89. The molecule has 8 heteroatoms. The van der Waals surface area contributed by atoms with E-state index in [9.17, 15) is 9.59 Å². The largest absolute Gasteiger partial charge is 0.376 e. The number of amides is 2. The van der Waals surface area contributed by atoms with Crippen molar-refractivity contribution in [3.8, 4) is 0 Å². The molecule has 1 atom stereocenters. The zero-order valence-corrected chi connectivity index (χ0v) is 16.6. The highest BCUT2D eigenvalue weighted by Gasteiger charge is 2.26. The van der Waals surface area contributed by atoms with Gasteiger partial charge in [0.25, 0.3) is 5.91 Å². The summed E-state index contributed by atoms with van der Waals surface area (Å²) in [6.07, 6.45) is 3.83. The Hall–Kier alpha value is -2.71. The van der Waals surface area contributed by atoms with Crippen LogP contribution in [-0.2, 0) is 9.53 Å². The number of benzene rings is 1. The molecule has 4 rings (SSSR count). The molecule has 1 unspecified atom stereocenters. The number of aromatic nitrogens is 2. The predicted octanol–water partition coefficient (Wildman–Crippen LogP) is 3.72. The van der Waals surface area contributed by atoms with Crippen LogP contribution < -0.4 is 10.2 Å². The van der Waals surface area contributed by atoms with Gasteiger partial charge in [0, 0.05) is 36.3 Å². The quantitative estimate of drug-likeness (QED) is 0.686. The Morgan fingerprint density at radius 1 is 1.39 bits per heavy atom. The maximum atomic E-state index is 12.8. The lowest BCUT2D eigenvalue weighted by Crippen LogP contribution is -2.35. The fraction of sp³-hybridized carbons (Fsp3) is 0.350. The lowest BCUT2D eigenvalue weighted by molar-refractivity contribution is -0.116. The third-order valence-electron chi connectivity index (χ3n) is 4.82. The van der Waals surface area contributed by atoms with Gasteiger partial charge >= 0.3 is 0 Å². The van der Waals surface area contributed by atoms with Gasteiger partial charge in [0.2, 0.25) is 5.91 Å². The van der Waals surface area contributed by atoms with Crippen LogP contribution in [0.4, 0.5) is 10.8 Å². The van der Waals surface area contributed by atoms with Crippen LogP contribution in [0, 0.1) is 6.92 Å². The lowest BCUT2D eigenvalue weighted by Gasteiger charge is -2.21. The minimum absolute atomic E-state index is 0.0264. The third-order valence-corrected chi connectivity index (χ3v) is 6.00. The fourth-order valence-electron chi connectivity index (χ4n) is 3.36. The molecule has 2 N–H and O–H groups in total. The molecule has 0 saturated carbocycles. The maximum Gasteiger partial charge on any atom is 0.267 e. The van der Waals surface area contributed by atoms with Crippen molar-refractivity contribution in [3.05, 3.63) is 41.0 Å². The number of anilines is 2. The van der Waals surface area contributed by atoms with Crippen LogP contribution in [0.15, 0.2) is 30.5 Å². The van der Waals surface area contributed by atoms with Gasteiger partial charge in [-0.1, -0.05) is 11.3 Å². The van der Waals surface area contributed by atoms with E-state index in [1.807, 2.05) is 30.5 Å². The number of nitrogens with one attached hydrogen (secondary N) is 2. The fourth-order valence-corrected chi connectivity index (χ4v) is 4.38. The molecule has 1 aliphatic heterocycles. The Morgan fingerprint density at radius 3 is 3.00 bits per heavy atom. The van der Waals surface area contributed by atoms with E-state index in [1.165, 1.54) is 18.3 Å². The summed E-state index contributed by atoms with van der Waals surface area (Å²) in [5.74, 6) is -0.328. The van der Waals surface area contributed by atoms with Crippen molar-refractivity contribution >= 4 is 44.9 Å². The Labute approximate surface area is 166 Å². The molecule has 0 spiro atoms. The van der Waals surface area contributed by atoms with Gasteiger partial charge in [-0.3, -0.25) is 14.5 Å². The lowest BCUT2D eigenvalue weighted by atomic mass is 10.2. The molecule has 0 bridgehead atoms. The summed E-state index contributed by atoms with van der Waals surface area (Å²) < 4.78 is 5.65. The van der Waals surface area contributed by atoms with Crippen LogP contribution in [0.2, 0.25) is 0 Å². The van der Waals surface area contributed by atoms with E-state index in [0.29, 0.717) is 27.9 Å². The van der Waals surface area contributed by atoms with Gasteiger partial charge in [-0.05, 0) is 44.0 Å².